The molecule has 0 fully saturated rings. The Labute approximate surface area is 167 Å². The van der Waals surface area contributed by atoms with Crippen molar-refractivity contribution in [3.05, 3.63) is 65.5 Å². The minimum absolute atomic E-state index is 0.146. The van der Waals surface area contributed by atoms with E-state index >= 15 is 0 Å². The van der Waals surface area contributed by atoms with Gasteiger partial charge in [-0.25, -0.2) is 4.68 Å². The van der Waals surface area contributed by atoms with Crippen LogP contribution in [0.5, 0.6) is 11.5 Å². The highest BCUT2D eigenvalue weighted by Gasteiger charge is 2.32. The number of benzene rings is 2. The molecule has 1 aliphatic heterocycles. The number of ether oxygens (including phenoxy) is 2. The normalized spacial score (nSPS) is 13.0. The van der Waals surface area contributed by atoms with Gasteiger partial charge in [0.1, 0.15) is 17.1 Å². The minimum Gasteiger partial charge on any atom is -0.494 e. The number of anilines is 1. The maximum Gasteiger partial charge on any atom is 0.265 e. The van der Waals surface area contributed by atoms with E-state index in [-0.39, 0.29) is 24.8 Å². The van der Waals surface area contributed by atoms with Crippen LogP contribution in [0, 0.1) is 0 Å². The number of Topliss-reactive ketones (excluding diaryl/α,β-unsaturated/α-hetero) is 1. The maximum absolute atomic E-state index is 12.6. The second-order valence-corrected chi connectivity index (χ2v) is 6.71. The Hall–Kier alpha value is -3.68. The van der Waals surface area contributed by atoms with Crippen molar-refractivity contribution >= 4 is 17.4 Å². The molecule has 29 heavy (non-hydrogen) atoms. The molecule has 4 rings (SSSR count). The lowest BCUT2D eigenvalue weighted by atomic mass is 10.1. The van der Waals surface area contributed by atoms with Gasteiger partial charge in [-0.05, 0) is 24.6 Å². The molecule has 8 nitrogen and oxygen atoms in total. The molecule has 2 aromatic carbocycles. The summed E-state index contributed by atoms with van der Waals surface area (Å²) in [4.78, 5) is 26.1. The Morgan fingerprint density at radius 1 is 1.17 bits per heavy atom. The fraction of sp³-hybridized carbons (Fsp3) is 0.238. The lowest BCUT2D eigenvalue weighted by molar-refractivity contribution is -0.121. The van der Waals surface area contributed by atoms with Gasteiger partial charge in [0.2, 0.25) is 0 Å². The Bertz CT molecular complexity index is 1060. The molecule has 1 aromatic heterocycles. The molecule has 0 spiro atoms. The largest absolute Gasteiger partial charge is 0.494 e. The molecule has 0 saturated heterocycles. The summed E-state index contributed by atoms with van der Waals surface area (Å²) in [6.45, 7) is 2.08. The zero-order valence-electron chi connectivity index (χ0n) is 16.2. The fourth-order valence-electron chi connectivity index (χ4n) is 3.32. The van der Waals surface area contributed by atoms with Gasteiger partial charge in [0, 0.05) is 0 Å². The number of fused-ring (bicyclic) bond motifs is 1. The lowest BCUT2D eigenvalue weighted by Crippen LogP contribution is -2.39. The van der Waals surface area contributed by atoms with E-state index in [1.54, 1.807) is 23.0 Å². The topological polar surface area (TPSA) is 86.5 Å². The van der Waals surface area contributed by atoms with Crippen LogP contribution >= 0.6 is 0 Å². The minimum atomic E-state index is -0.242. The van der Waals surface area contributed by atoms with E-state index in [1.165, 1.54) is 18.9 Å². The molecule has 0 bridgehead atoms. The van der Waals surface area contributed by atoms with Gasteiger partial charge in [0.25, 0.3) is 5.91 Å². The Balaban J connectivity index is 1.64. The average Bonchev–Trinajstić information content (AvgIpc) is 3.16. The number of amides is 1. The van der Waals surface area contributed by atoms with Gasteiger partial charge in [-0.3, -0.25) is 14.5 Å². The summed E-state index contributed by atoms with van der Waals surface area (Å²) in [5.41, 5.74) is 2.57. The van der Waals surface area contributed by atoms with E-state index in [0.29, 0.717) is 35.0 Å². The first-order chi connectivity index (χ1) is 14.1. The first kappa shape index (κ1) is 18.7. The van der Waals surface area contributed by atoms with Crippen molar-refractivity contribution in [1.82, 2.24) is 15.0 Å². The van der Waals surface area contributed by atoms with Crippen LogP contribution in [0.1, 0.15) is 28.5 Å². The van der Waals surface area contributed by atoms with Gasteiger partial charge in [-0.2, -0.15) is 0 Å². The molecular formula is C21H20N4O4. The number of carbonyl (C=O) groups excluding carboxylic acids is 2. The van der Waals surface area contributed by atoms with Crippen molar-refractivity contribution < 1.29 is 19.1 Å². The highest BCUT2D eigenvalue weighted by atomic mass is 16.5. The van der Waals surface area contributed by atoms with Crippen LogP contribution in [0.3, 0.4) is 0 Å². The quantitative estimate of drug-likeness (QED) is 0.599. The van der Waals surface area contributed by atoms with Gasteiger partial charge in [0.15, 0.2) is 18.1 Å². The van der Waals surface area contributed by atoms with Gasteiger partial charge in [-0.15, -0.1) is 5.10 Å². The second-order valence-electron chi connectivity index (χ2n) is 6.71. The summed E-state index contributed by atoms with van der Waals surface area (Å²) in [7, 11) is 1.51. The smallest absolute Gasteiger partial charge is 0.265 e. The number of methoxy groups -OCH3 is 1. The first-order valence-electron chi connectivity index (χ1n) is 9.15. The summed E-state index contributed by atoms with van der Waals surface area (Å²) in [5, 5.41) is 8.36. The van der Waals surface area contributed by atoms with E-state index < -0.39 is 0 Å². The molecule has 2 heterocycles. The van der Waals surface area contributed by atoms with Crippen LogP contribution in [-0.4, -0.2) is 40.4 Å². The zero-order valence-corrected chi connectivity index (χ0v) is 16.2. The summed E-state index contributed by atoms with van der Waals surface area (Å²) in [6, 6.07) is 13.2. The first-order valence-corrected chi connectivity index (χ1v) is 9.15. The third-order valence-electron chi connectivity index (χ3n) is 4.70. The Morgan fingerprint density at radius 2 is 1.97 bits per heavy atom. The average molecular weight is 392 g/mol. The number of carbonyl (C=O) groups is 2. The third kappa shape index (κ3) is 3.69. The van der Waals surface area contributed by atoms with E-state index in [2.05, 4.69) is 10.3 Å². The molecule has 8 heteroatoms. The molecule has 1 amide bonds. The Morgan fingerprint density at radius 3 is 2.69 bits per heavy atom. The van der Waals surface area contributed by atoms with Crippen molar-refractivity contribution in [3.8, 4) is 11.5 Å². The van der Waals surface area contributed by atoms with Crippen LogP contribution in [0.15, 0.2) is 48.7 Å². The van der Waals surface area contributed by atoms with Crippen molar-refractivity contribution in [1.29, 1.82) is 0 Å². The Kier molecular flexibility index (Phi) is 4.99. The highest BCUT2D eigenvalue weighted by Crippen LogP contribution is 2.43. The summed E-state index contributed by atoms with van der Waals surface area (Å²) in [6.07, 6.45) is 1.80. The fourth-order valence-corrected chi connectivity index (χ4v) is 3.32. The zero-order chi connectivity index (χ0) is 20.4. The van der Waals surface area contributed by atoms with Gasteiger partial charge < -0.3 is 9.47 Å². The third-order valence-corrected chi connectivity index (χ3v) is 4.70. The molecular weight excluding hydrogens is 372 g/mol. The van der Waals surface area contributed by atoms with Gasteiger partial charge in [-0.1, -0.05) is 35.5 Å². The van der Waals surface area contributed by atoms with Crippen LogP contribution in [-0.2, 0) is 17.9 Å². The maximum atomic E-state index is 12.6. The standard InChI is InChI=1S/C21H20N4O4/c1-14(26)17-8-9-18(28-2)20-21(17)29-13-19(27)25(20)12-16-11-24(23-22-16)10-15-6-4-3-5-7-15/h3-9,11H,10,12-13H2,1-2H3. The van der Waals surface area contributed by atoms with Crippen LogP contribution < -0.4 is 14.4 Å². The monoisotopic (exact) mass is 392 g/mol. The second kappa shape index (κ2) is 7.75. The van der Waals surface area contributed by atoms with E-state index in [9.17, 15) is 9.59 Å². The summed E-state index contributed by atoms with van der Waals surface area (Å²) in [5.74, 6) is 0.420. The molecule has 0 atom stereocenters. The SMILES string of the molecule is COc1ccc(C(C)=O)c2c1N(Cc1cn(Cc3ccccc3)nn1)C(=O)CO2. The predicted octanol–water partition coefficient (Wildman–Crippen LogP) is 2.46. The van der Waals surface area contributed by atoms with E-state index in [1.807, 2.05) is 30.3 Å². The molecule has 0 saturated carbocycles. The molecule has 0 aliphatic carbocycles. The van der Waals surface area contributed by atoms with Crippen LogP contribution in [0.2, 0.25) is 0 Å². The van der Waals surface area contributed by atoms with Crippen molar-refractivity contribution in [2.75, 3.05) is 18.6 Å². The van der Waals surface area contributed by atoms with Crippen molar-refractivity contribution in [2.45, 2.75) is 20.0 Å². The summed E-state index contributed by atoms with van der Waals surface area (Å²) >= 11 is 0. The van der Waals surface area contributed by atoms with E-state index in [0.717, 1.165) is 5.56 Å². The molecule has 0 N–H and O–H groups in total. The molecule has 1 aliphatic rings. The number of ketones is 1. The van der Waals surface area contributed by atoms with Crippen LogP contribution in [0.4, 0.5) is 5.69 Å². The molecule has 0 radical (unpaired) electrons. The van der Waals surface area contributed by atoms with Crippen molar-refractivity contribution in [2.24, 2.45) is 0 Å². The number of hydrogen-bond donors (Lipinski definition) is 0. The lowest BCUT2D eigenvalue weighted by Gasteiger charge is -2.31. The number of nitrogens with zero attached hydrogens (tertiary/aromatic N) is 4. The van der Waals surface area contributed by atoms with Gasteiger partial charge in [0.05, 0.1) is 32.0 Å². The van der Waals surface area contributed by atoms with E-state index in [4.69, 9.17) is 9.47 Å². The predicted molar refractivity (Wildman–Crippen MR) is 105 cm³/mol. The van der Waals surface area contributed by atoms with Crippen molar-refractivity contribution in [3.63, 3.8) is 0 Å². The number of rotatable bonds is 6. The van der Waals surface area contributed by atoms with Crippen LogP contribution in [0.25, 0.3) is 0 Å². The highest BCUT2D eigenvalue weighted by molar-refractivity contribution is 6.05. The number of aromatic nitrogens is 3. The molecule has 148 valence electrons. The number of hydrogen-bond acceptors (Lipinski definition) is 6. The molecule has 3 aromatic rings. The van der Waals surface area contributed by atoms with Gasteiger partial charge >= 0.3 is 0 Å². The molecule has 0 unspecified atom stereocenters. The summed E-state index contributed by atoms with van der Waals surface area (Å²) < 4.78 is 12.7.